The lowest BCUT2D eigenvalue weighted by Gasteiger charge is -2.00. The Morgan fingerprint density at radius 1 is 1.21 bits per heavy atom. The van der Waals surface area contributed by atoms with Gasteiger partial charge in [-0.15, -0.1) is 22.7 Å². The first-order chi connectivity index (χ1) is 11.5. The Hall–Kier alpha value is -2.51. The average Bonchev–Trinajstić information content (AvgIpc) is 3.09. The predicted molar refractivity (Wildman–Crippen MR) is 101 cm³/mol. The minimum atomic E-state index is -0.245. The van der Waals surface area contributed by atoms with Gasteiger partial charge in [0, 0.05) is 16.2 Å². The standard InChI is InChI=1S/C17H14N4OS2/c1-8-3-4-10-6-11-13(18)14(24-16(11)20-12(10)5-8)15(22)21-17-19-9(2)7-23-17/h3-7H,18H2,1-2H3,(H,19,21,22). The van der Waals surface area contributed by atoms with Gasteiger partial charge in [0.05, 0.1) is 16.9 Å². The van der Waals surface area contributed by atoms with E-state index in [1.807, 2.05) is 43.5 Å². The summed E-state index contributed by atoms with van der Waals surface area (Å²) < 4.78 is 0. The van der Waals surface area contributed by atoms with Gasteiger partial charge in [-0.05, 0) is 31.5 Å². The zero-order valence-electron chi connectivity index (χ0n) is 13.1. The van der Waals surface area contributed by atoms with Crippen molar-refractivity contribution in [2.24, 2.45) is 0 Å². The highest BCUT2D eigenvalue weighted by molar-refractivity contribution is 7.21. The van der Waals surface area contributed by atoms with Crippen LogP contribution in [-0.2, 0) is 0 Å². The molecule has 0 aliphatic heterocycles. The Morgan fingerprint density at radius 2 is 2.04 bits per heavy atom. The number of carbonyl (C=O) groups excluding carboxylic acids is 1. The van der Waals surface area contributed by atoms with Gasteiger partial charge in [0.2, 0.25) is 0 Å². The van der Waals surface area contributed by atoms with Crippen molar-refractivity contribution in [3.8, 4) is 0 Å². The zero-order chi connectivity index (χ0) is 16.8. The molecule has 0 bridgehead atoms. The van der Waals surface area contributed by atoms with E-state index in [9.17, 15) is 4.79 Å². The number of hydrogen-bond donors (Lipinski definition) is 2. The SMILES string of the molecule is Cc1ccc2cc3c(N)c(C(=O)Nc4nc(C)cs4)sc3nc2c1. The molecule has 0 spiro atoms. The largest absolute Gasteiger partial charge is 0.397 e. The van der Waals surface area contributed by atoms with Gasteiger partial charge >= 0.3 is 0 Å². The molecule has 0 fully saturated rings. The number of nitrogens with zero attached hydrogens (tertiary/aromatic N) is 2. The number of carbonyl (C=O) groups is 1. The van der Waals surface area contributed by atoms with Crippen LogP contribution in [0.1, 0.15) is 20.9 Å². The molecule has 3 heterocycles. The van der Waals surface area contributed by atoms with Crippen LogP contribution in [-0.4, -0.2) is 15.9 Å². The molecule has 0 saturated carbocycles. The fourth-order valence-electron chi connectivity index (χ4n) is 2.54. The van der Waals surface area contributed by atoms with Crippen LogP contribution in [0.4, 0.5) is 10.8 Å². The summed E-state index contributed by atoms with van der Waals surface area (Å²) in [6.45, 7) is 3.92. The topological polar surface area (TPSA) is 80.9 Å². The number of amides is 1. The first-order valence-corrected chi connectivity index (χ1v) is 9.04. The van der Waals surface area contributed by atoms with Gasteiger partial charge in [0.15, 0.2) is 5.13 Å². The lowest BCUT2D eigenvalue weighted by atomic mass is 10.1. The first kappa shape index (κ1) is 15.0. The summed E-state index contributed by atoms with van der Waals surface area (Å²) >= 11 is 2.70. The Kier molecular flexibility index (Phi) is 3.47. The molecule has 0 atom stereocenters. The fourth-order valence-corrected chi connectivity index (χ4v) is 4.20. The summed E-state index contributed by atoms with van der Waals surface area (Å²) in [7, 11) is 0. The van der Waals surface area contributed by atoms with Crippen molar-refractivity contribution in [3.63, 3.8) is 0 Å². The predicted octanol–water partition coefficient (Wildman–Crippen LogP) is 4.36. The molecule has 24 heavy (non-hydrogen) atoms. The van der Waals surface area contributed by atoms with E-state index in [2.05, 4.69) is 15.3 Å². The number of nitrogens with one attached hydrogen (secondary N) is 1. The number of nitrogens with two attached hydrogens (primary N) is 1. The van der Waals surface area contributed by atoms with Crippen molar-refractivity contribution in [2.45, 2.75) is 13.8 Å². The van der Waals surface area contributed by atoms with E-state index in [0.717, 1.165) is 32.4 Å². The van der Waals surface area contributed by atoms with Crippen LogP contribution < -0.4 is 11.1 Å². The summed E-state index contributed by atoms with van der Waals surface area (Å²) in [6, 6.07) is 8.08. The second-order valence-corrected chi connectivity index (χ2v) is 7.49. The Bertz CT molecular complexity index is 1100. The van der Waals surface area contributed by atoms with Crippen LogP contribution in [0.3, 0.4) is 0 Å². The molecule has 5 nitrogen and oxygen atoms in total. The number of aromatic nitrogens is 2. The second kappa shape index (κ2) is 5.54. The van der Waals surface area contributed by atoms with E-state index in [4.69, 9.17) is 5.73 Å². The van der Waals surface area contributed by atoms with Gasteiger partial charge in [0.1, 0.15) is 9.71 Å². The van der Waals surface area contributed by atoms with E-state index in [0.29, 0.717) is 15.7 Å². The summed E-state index contributed by atoms with van der Waals surface area (Å²) in [5.41, 5.74) is 9.62. The molecule has 3 N–H and O–H groups in total. The molecule has 1 amide bonds. The van der Waals surface area contributed by atoms with Gasteiger partial charge in [-0.1, -0.05) is 12.1 Å². The molecule has 0 radical (unpaired) electrons. The average molecular weight is 354 g/mol. The molecule has 0 aliphatic carbocycles. The van der Waals surface area contributed by atoms with E-state index < -0.39 is 0 Å². The summed E-state index contributed by atoms with van der Waals surface area (Å²) in [5.74, 6) is -0.245. The number of pyridine rings is 1. The number of thiophene rings is 1. The molecule has 0 unspecified atom stereocenters. The lowest BCUT2D eigenvalue weighted by Crippen LogP contribution is -2.11. The molecule has 0 saturated heterocycles. The highest BCUT2D eigenvalue weighted by atomic mass is 32.1. The number of nitrogen functional groups attached to an aromatic ring is 1. The van der Waals surface area contributed by atoms with Crippen molar-refractivity contribution < 1.29 is 4.79 Å². The number of fused-ring (bicyclic) bond motifs is 2. The third kappa shape index (κ3) is 2.51. The van der Waals surface area contributed by atoms with Crippen LogP contribution >= 0.6 is 22.7 Å². The Morgan fingerprint density at radius 3 is 2.79 bits per heavy atom. The number of rotatable bonds is 2. The molecule has 120 valence electrons. The highest BCUT2D eigenvalue weighted by Crippen LogP contribution is 2.35. The molecule has 3 aromatic heterocycles. The molecular formula is C17H14N4OS2. The van der Waals surface area contributed by atoms with Crippen LogP contribution in [0.5, 0.6) is 0 Å². The van der Waals surface area contributed by atoms with E-state index in [-0.39, 0.29) is 5.91 Å². The summed E-state index contributed by atoms with van der Waals surface area (Å²) in [5, 5.41) is 7.09. The normalized spacial score (nSPS) is 11.2. The number of anilines is 2. The second-order valence-electron chi connectivity index (χ2n) is 5.63. The number of benzene rings is 1. The van der Waals surface area contributed by atoms with Crippen molar-refractivity contribution >= 4 is 60.5 Å². The Balaban J connectivity index is 1.79. The van der Waals surface area contributed by atoms with Gasteiger partial charge in [-0.3, -0.25) is 10.1 Å². The lowest BCUT2D eigenvalue weighted by molar-refractivity contribution is 0.103. The molecule has 0 aliphatic rings. The fraction of sp³-hybridized carbons (Fsp3) is 0.118. The van der Waals surface area contributed by atoms with E-state index in [1.165, 1.54) is 22.7 Å². The van der Waals surface area contributed by atoms with Crippen LogP contribution in [0, 0.1) is 13.8 Å². The third-order valence-electron chi connectivity index (χ3n) is 3.72. The number of aryl methyl sites for hydroxylation is 2. The zero-order valence-corrected chi connectivity index (χ0v) is 14.7. The number of hydrogen-bond acceptors (Lipinski definition) is 6. The first-order valence-electron chi connectivity index (χ1n) is 7.34. The van der Waals surface area contributed by atoms with Crippen molar-refractivity contribution in [1.82, 2.24) is 9.97 Å². The van der Waals surface area contributed by atoms with E-state index >= 15 is 0 Å². The van der Waals surface area contributed by atoms with E-state index in [1.54, 1.807) is 0 Å². The van der Waals surface area contributed by atoms with Gasteiger partial charge in [-0.2, -0.15) is 0 Å². The Labute approximate surface area is 146 Å². The molecule has 1 aromatic carbocycles. The highest BCUT2D eigenvalue weighted by Gasteiger charge is 2.19. The molecule has 4 aromatic rings. The van der Waals surface area contributed by atoms with Crippen LogP contribution in [0.15, 0.2) is 29.6 Å². The third-order valence-corrected chi connectivity index (χ3v) is 5.71. The van der Waals surface area contributed by atoms with Gasteiger partial charge < -0.3 is 5.73 Å². The summed E-state index contributed by atoms with van der Waals surface area (Å²) in [6.07, 6.45) is 0. The van der Waals surface area contributed by atoms with Gasteiger partial charge in [-0.25, -0.2) is 9.97 Å². The molecular weight excluding hydrogens is 340 g/mol. The molecule has 7 heteroatoms. The summed E-state index contributed by atoms with van der Waals surface area (Å²) in [4.78, 5) is 22.7. The number of thiazole rings is 1. The maximum atomic E-state index is 12.5. The van der Waals surface area contributed by atoms with Crippen molar-refractivity contribution in [2.75, 3.05) is 11.1 Å². The van der Waals surface area contributed by atoms with Crippen LogP contribution in [0.2, 0.25) is 0 Å². The molecule has 4 rings (SSSR count). The quantitative estimate of drug-likeness (QED) is 0.560. The van der Waals surface area contributed by atoms with Crippen molar-refractivity contribution in [1.29, 1.82) is 0 Å². The maximum absolute atomic E-state index is 12.5. The van der Waals surface area contributed by atoms with Crippen molar-refractivity contribution in [3.05, 3.63) is 45.8 Å². The monoisotopic (exact) mass is 354 g/mol. The minimum absolute atomic E-state index is 0.245. The van der Waals surface area contributed by atoms with Gasteiger partial charge in [0.25, 0.3) is 5.91 Å². The van der Waals surface area contributed by atoms with Crippen LogP contribution in [0.25, 0.3) is 21.1 Å². The smallest absolute Gasteiger partial charge is 0.269 e. The maximum Gasteiger partial charge on any atom is 0.269 e. The minimum Gasteiger partial charge on any atom is -0.397 e.